The van der Waals surface area contributed by atoms with Gasteiger partial charge in [0.15, 0.2) is 11.7 Å². The zero-order valence-electron chi connectivity index (χ0n) is 13.8. The molecule has 7 heteroatoms. The van der Waals surface area contributed by atoms with Gasteiger partial charge in [-0.15, -0.1) is 0 Å². The summed E-state index contributed by atoms with van der Waals surface area (Å²) < 4.78 is 5.03. The number of amides is 1. The maximum atomic E-state index is 11.7. The van der Waals surface area contributed by atoms with Gasteiger partial charge in [0.1, 0.15) is 0 Å². The first-order valence-corrected chi connectivity index (χ1v) is 7.96. The van der Waals surface area contributed by atoms with Crippen molar-refractivity contribution < 1.29 is 9.21 Å². The first-order chi connectivity index (χ1) is 11.6. The Morgan fingerprint density at radius 3 is 2.62 bits per heavy atom. The molecule has 24 heavy (non-hydrogen) atoms. The van der Waals surface area contributed by atoms with E-state index in [4.69, 9.17) is 16.0 Å². The highest BCUT2D eigenvalue weighted by atomic mass is 35.5. The van der Waals surface area contributed by atoms with Crippen molar-refractivity contribution in [3.05, 3.63) is 59.0 Å². The van der Waals surface area contributed by atoms with Gasteiger partial charge in [0.2, 0.25) is 0 Å². The van der Waals surface area contributed by atoms with Crippen molar-refractivity contribution in [3.8, 4) is 0 Å². The fourth-order valence-corrected chi connectivity index (χ4v) is 2.38. The molecule has 0 fully saturated rings. The van der Waals surface area contributed by atoms with Crippen LogP contribution in [0.2, 0.25) is 5.02 Å². The normalized spacial score (nSPS) is 11.2. The number of carbonyl (C=O) groups is 1. The Hall–Kier alpha value is -2.47. The van der Waals surface area contributed by atoms with Gasteiger partial charge < -0.3 is 20.0 Å². The minimum Gasteiger partial charge on any atom is -0.459 e. The van der Waals surface area contributed by atoms with Crippen molar-refractivity contribution in [3.63, 3.8) is 0 Å². The number of halogens is 1. The van der Waals surface area contributed by atoms with Crippen LogP contribution in [-0.2, 0) is 6.54 Å². The molecule has 1 heterocycles. The van der Waals surface area contributed by atoms with Crippen LogP contribution in [0.25, 0.3) is 0 Å². The highest BCUT2D eigenvalue weighted by Crippen LogP contribution is 2.16. The number of aliphatic imine (C=N–C) groups is 1. The number of rotatable bonds is 6. The fraction of sp³-hybridized carbons (Fsp3) is 0.294. The molecule has 0 aliphatic carbocycles. The molecule has 0 saturated carbocycles. The second kappa shape index (κ2) is 8.98. The Morgan fingerprint density at radius 1 is 1.21 bits per heavy atom. The van der Waals surface area contributed by atoms with Crippen LogP contribution in [0, 0.1) is 0 Å². The second-order valence-corrected chi connectivity index (χ2v) is 5.56. The zero-order valence-corrected chi connectivity index (χ0v) is 14.5. The smallest absolute Gasteiger partial charge is 0.287 e. The van der Waals surface area contributed by atoms with Gasteiger partial charge in [0, 0.05) is 38.8 Å². The molecule has 0 aliphatic rings. The van der Waals surface area contributed by atoms with Gasteiger partial charge in [-0.1, -0.05) is 29.8 Å². The lowest BCUT2D eigenvalue weighted by Gasteiger charge is -2.22. The molecule has 0 saturated heterocycles. The van der Waals surface area contributed by atoms with Crippen LogP contribution >= 0.6 is 11.6 Å². The number of furan rings is 1. The lowest BCUT2D eigenvalue weighted by atomic mass is 10.2. The third-order valence-corrected chi connectivity index (χ3v) is 3.75. The molecule has 128 valence electrons. The van der Waals surface area contributed by atoms with Crippen molar-refractivity contribution in [2.75, 3.05) is 27.2 Å². The molecule has 0 aliphatic heterocycles. The van der Waals surface area contributed by atoms with Gasteiger partial charge in [0.25, 0.3) is 5.91 Å². The molecule has 1 aromatic carbocycles. The fourth-order valence-electron chi connectivity index (χ4n) is 2.19. The van der Waals surface area contributed by atoms with E-state index < -0.39 is 0 Å². The Labute approximate surface area is 146 Å². The highest BCUT2D eigenvalue weighted by molar-refractivity contribution is 6.31. The minimum atomic E-state index is -0.235. The van der Waals surface area contributed by atoms with Crippen LogP contribution in [0.4, 0.5) is 0 Å². The Bertz CT molecular complexity index is 686. The Morgan fingerprint density at radius 2 is 1.96 bits per heavy atom. The summed E-state index contributed by atoms with van der Waals surface area (Å²) in [5, 5.41) is 6.70. The van der Waals surface area contributed by atoms with Crippen LogP contribution in [-0.4, -0.2) is 44.0 Å². The second-order valence-electron chi connectivity index (χ2n) is 5.15. The topological polar surface area (TPSA) is 69.9 Å². The number of nitrogens with one attached hydrogen (secondary N) is 2. The van der Waals surface area contributed by atoms with Crippen molar-refractivity contribution in [2.24, 2.45) is 4.99 Å². The summed E-state index contributed by atoms with van der Waals surface area (Å²) in [7, 11) is 3.65. The average Bonchev–Trinajstić information content (AvgIpc) is 3.11. The number of hydrogen-bond acceptors (Lipinski definition) is 3. The van der Waals surface area contributed by atoms with Gasteiger partial charge in [-0.3, -0.25) is 9.79 Å². The largest absolute Gasteiger partial charge is 0.459 e. The van der Waals surface area contributed by atoms with Crippen molar-refractivity contribution >= 4 is 23.5 Å². The molecule has 2 N–H and O–H groups in total. The molecule has 0 radical (unpaired) electrons. The summed E-state index contributed by atoms with van der Waals surface area (Å²) in [6.07, 6.45) is 1.47. The maximum absolute atomic E-state index is 11.7. The van der Waals surface area contributed by atoms with Crippen LogP contribution in [0.1, 0.15) is 16.1 Å². The van der Waals surface area contributed by atoms with Crippen molar-refractivity contribution in [1.82, 2.24) is 15.5 Å². The van der Waals surface area contributed by atoms with E-state index in [1.54, 1.807) is 19.2 Å². The van der Waals surface area contributed by atoms with Gasteiger partial charge in [0.05, 0.1) is 6.26 Å². The van der Waals surface area contributed by atoms with Gasteiger partial charge in [-0.05, 0) is 23.8 Å². The number of hydrogen-bond donors (Lipinski definition) is 2. The van der Waals surface area contributed by atoms with E-state index in [1.807, 2.05) is 36.2 Å². The minimum absolute atomic E-state index is 0.235. The molecular weight excluding hydrogens is 328 g/mol. The summed E-state index contributed by atoms with van der Waals surface area (Å²) in [6, 6.07) is 11.0. The first-order valence-electron chi connectivity index (χ1n) is 7.58. The SMILES string of the molecule is CN=C(NCCNC(=O)c1ccco1)N(C)Cc1ccccc1Cl. The van der Waals surface area contributed by atoms with Gasteiger partial charge in [-0.25, -0.2) is 0 Å². The quantitative estimate of drug-likeness (QED) is 0.477. The van der Waals surface area contributed by atoms with Crippen molar-refractivity contribution in [1.29, 1.82) is 0 Å². The summed E-state index contributed by atoms with van der Waals surface area (Å²) in [5.41, 5.74) is 1.02. The highest BCUT2D eigenvalue weighted by Gasteiger charge is 2.10. The van der Waals surface area contributed by atoms with Crippen LogP contribution < -0.4 is 10.6 Å². The maximum Gasteiger partial charge on any atom is 0.287 e. The molecule has 2 rings (SSSR count). The van der Waals surface area contributed by atoms with Gasteiger partial charge >= 0.3 is 0 Å². The zero-order chi connectivity index (χ0) is 17.4. The summed E-state index contributed by atoms with van der Waals surface area (Å²) in [4.78, 5) is 17.9. The van der Waals surface area contributed by atoms with E-state index in [2.05, 4.69) is 15.6 Å². The number of nitrogens with zero attached hydrogens (tertiary/aromatic N) is 2. The predicted octanol–water partition coefficient (Wildman–Crippen LogP) is 2.37. The van der Waals surface area contributed by atoms with Crippen LogP contribution in [0.3, 0.4) is 0 Å². The Balaban J connectivity index is 1.77. The van der Waals surface area contributed by atoms with Gasteiger partial charge in [-0.2, -0.15) is 0 Å². The lowest BCUT2D eigenvalue weighted by molar-refractivity contribution is 0.0926. The predicted molar refractivity (Wildman–Crippen MR) is 95.3 cm³/mol. The van der Waals surface area contributed by atoms with E-state index in [-0.39, 0.29) is 5.91 Å². The standard InChI is InChI=1S/C17H21ClN4O2/c1-19-17(22(2)12-13-6-3-4-7-14(13)18)21-10-9-20-16(23)15-8-5-11-24-15/h3-8,11H,9-10,12H2,1-2H3,(H,19,21)(H,20,23). The molecule has 0 bridgehead atoms. The molecule has 1 amide bonds. The van der Waals surface area contributed by atoms with Crippen LogP contribution in [0.5, 0.6) is 0 Å². The third kappa shape index (κ3) is 5.03. The third-order valence-electron chi connectivity index (χ3n) is 3.38. The molecule has 0 atom stereocenters. The lowest BCUT2D eigenvalue weighted by Crippen LogP contribution is -2.42. The Kier molecular flexibility index (Phi) is 6.69. The van der Waals surface area contributed by atoms with E-state index in [9.17, 15) is 4.79 Å². The average molecular weight is 349 g/mol. The number of guanidine groups is 1. The molecule has 0 unspecified atom stereocenters. The molecule has 6 nitrogen and oxygen atoms in total. The molecule has 0 spiro atoms. The van der Waals surface area contributed by atoms with Crippen LogP contribution in [0.15, 0.2) is 52.1 Å². The summed E-state index contributed by atoms with van der Waals surface area (Å²) in [5.74, 6) is 0.790. The van der Waals surface area contributed by atoms with E-state index in [0.717, 1.165) is 16.5 Å². The molecule has 2 aromatic rings. The van der Waals surface area contributed by atoms with E-state index >= 15 is 0 Å². The van der Waals surface area contributed by atoms with E-state index in [1.165, 1.54) is 6.26 Å². The number of carbonyl (C=O) groups excluding carboxylic acids is 1. The van der Waals surface area contributed by atoms with E-state index in [0.29, 0.717) is 25.4 Å². The summed E-state index contributed by atoms with van der Waals surface area (Å²) in [6.45, 7) is 1.64. The number of benzene rings is 1. The molecular formula is C17H21ClN4O2. The first kappa shape index (κ1) is 17.9. The van der Waals surface area contributed by atoms with Crippen molar-refractivity contribution in [2.45, 2.75) is 6.54 Å². The molecule has 1 aromatic heterocycles. The monoisotopic (exact) mass is 348 g/mol. The summed E-state index contributed by atoms with van der Waals surface area (Å²) >= 11 is 6.18.